The van der Waals surface area contributed by atoms with Crippen LogP contribution in [0.1, 0.15) is 54.3 Å². The van der Waals surface area contributed by atoms with Crippen molar-refractivity contribution in [2.75, 3.05) is 0 Å². The van der Waals surface area contributed by atoms with Crippen molar-refractivity contribution < 1.29 is 9.90 Å². The molecule has 2 heterocycles. The number of hydrogen-bond acceptors (Lipinski definition) is 2. The van der Waals surface area contributed by atoms with Gasteiger partial charge in [0.1, 0.15) is 11.5 Å². The minimum atomic E-state index is -0.947. The summed E-state index contributed by atoms with van der Waals surface area (Å²) in [5, 5.41) is 9.72. The fraction of sp³-hybridized carbons (Fsp3) is 0.429. The summed E-state index contributed by atoms with van der Waals surface area (Å²) in [5.74, 6) is 0.170. The molecule has 1 aliphatic carbocycles. The molecule has 0 saturated heterocycles. The molecular weight excluding hydrogens is 264 g/mol. The van der Waals surface area contributed by atoms with Gasteiger partial charge in [-0.2, -0.15) is 0 Å². The molecule has 100 valence electrons. The summed E-state index contributed by atoms with van der Waals surface area (Å²) in [6.45, 7) is 0. The molecule has 2 aromatic heterocycles. The van der Waals surface area contributed by atoms with Crippen molar-refractivity contribution in [3.05, 3.63) is 34.9 Å². The van der Waals surface area contributed by atoms with Crippen LogP contribution in [0.2, 0.25) is 5.15 Å². The van der Waals surface area contributed by atoms with E-state index >= 15 is 0 Å². The second-order valence-electron chi connectivity index (χ2n) is 5.03. The lowest BCUT2D eigenvalue weighted by molar-refractivity contribution is 0.0688. The van der Waals surface area contributed by atoms with Gasteiger partial charge in [-0.25, -0.2) is 9.78 Å². The predicted octanol–water partition coefficient (Wildman–Crippen LogP) is 3.73. The Bertz CT molecular complexity index is 630. The van der Waals surface area contributed by atoms with Crippen LogP contribution in [0.4, 0.5) is 0 Å². The number of carbonyl (C=O) groups is 1. The molecular formula is C14H15ClN2O2. The molecule has 0 radical (unpaired) electrons. The van der Waals surface area contributed by atoms with Gasteiger partial charge in [0, 0.05) is 5.92 Å². The van der Waals surface area contributed by atoms with E-state index in [0.717, 1.165) is 18.7 Å². The molecule has 0 bridgehead atoms. The van der Waals surface area contributed by atoms with Gasteiger partial charge in [0.05, 0.1) is 5.52 Å². The highest BCUT2D eigenvalue weighted by atomic mass is 35.5. The van der Waals surface area contributed by atoms with Crippen LogP contribution in [0.15, 0.2) is 18.2 Å². The molecule has 4 nitrogen and oxygen atoms in total. The first-order chi connectivity index (χ1) is 9.18. The van der Waals surface area contributed by atoms with Gasteiger partial charge in [-0.3, -0.25) is 4.40 Å². The van der Waals surface area contributed by atoms with Crippen LogP contribution >= 0.6 is 11.6 Å². The standard InChI is InChI=1S/C14H15ClN2O2/c15-12-10-7-4-8-11(14(18)19)17(10)13(16-12)9-5-2-1-3-6-9/h4,7-9H,1-3,5-6H2,(H,18,19). The quantitative estimate of drug-likeness (QED) is 0.910. The number of rotatable bonds is 2. The van der Waals surface area contributed by atoms with Crippen LogP contribution in [-0.2, 0) is 0 Å². The maximum Gasteiger partial charge on any atom is 0.352 e. The molecule has 3 rings (SSSR count). The molecule has 0 amide bonds. The zero-order chi connectivity index (χ0) is 13.4. The number of fused-ring (bicyclic) bond motifs is 1. The van der Waals surface area contributed by atoms with Crippen molar-refractivity contribution in [1.82, 2.24) is 9.38 Å². The molecule has 1 N–H and O–H groups in total. The van der Waals surface area contributed by atoms with E-state index in [9.17, 15) is 9.90 Å². The van der Waals surface area contributed by atoms with E-state index in [2.05, 4.69) is 4.98 Å². The van der Waals surface area contributed by atoms with Crippen molar-refractivity contribution in [3.8, 4) is 0 Å². The monoisotopic (exact) mass is 278 g/mol. The number of pyridine rings is 1. The Hall–Kier alpha value is -1.55. The number of aromatic nitrogens is 2. The molecule has 19 heavy (non-hydrogen) atoms. The summed E-state index contributed by atoms with van der Waals surface area (Å²) in [6.07, 6.45) is 5.71. The molecule has 0 spiro atoms. The van der Waals surface area contributed by atoms with E-state index in [0.29, 0.717) is 16.6 Å². The molecule has 1 fully saturated rings. The van der Waals surface area contributed by atoms with Crippen LogP contribution in [0, 0.1) is 0 Å². The van der Waals surface area contributed by atoms with E-state index in [1.54, 1.807) is 16.5 Å². The molecule has 1 saturated carbocycles. The van der Waals surface area contributed by atoms with E-state index in [1.165, 1.54) is 19.3 Å². The van der Waals surface area contributed by atoms with Gasteiger partial charge in [-0.15, -0.1) is 0 Å². The summed E-state index contributed by atoms with van der Waals surface area (Å²) < 4.78 is 1.71. The van der Waals surface area contributed by atoms with Crippen LogP contribution in [0.3, 0.4) is 0 Å². The Morgan fingerprint density at radius 3 is 2.74 bits per heavy atom. The molecule has 1 aliphatic rings. The summed E-state index contributed by atoms with van der Waals surface area (Å²) in [7, 11) is 0. The van der Waals surface area contributed by atoms with Crippen molar-refractivity contribution in [1.29, 1.82) is 0 Å². The third-order valence-corrected chi connectivity index (χ3v) is 4.11. The molecule has 2 aromatic rings. The van der Waals surface area contributed by atoms with E-state index < -0.39 is 5.97 Å². The van der Waals surface area contributed by atoms with Crippen LogP contribution in [0.5, 0.6) is 0 Å². The lowest BCUT2D eigenvalue weighted by Crippen LogP contribution is -2.13. The van der Waals surface area contributed by atoms with Gasteiger partial charge >= 0.3 is 5.97 Å². The number of nitrogens with zero attached hydrogens (tertiary/aromatic N) is 2. The molecule has 5 heteroatoms. The first-order valence-corrected chi connectivity index (χ1v) is 6.96. The van der Waals surface area contributed by atoms with Gasteiger partial charge in [-0.1, -0.05) is 36.9 Å². The average Bonchev–Trinajstić information content (AvgIpc) is 2.77. The van der Waals surface area contributed by atoms with Gasteiger partial charge in [0.25, 0.3) is 0 Å². The molecule has 0 aliphatic heterocycles. The minimum Gasteiger partial charge on any atom is -0.477 e. The van der Waals surface area contributed by atoms with Crippen molar-refractivity contribution >= 4 is 23.1 Å². The van der Waals surface area contributed by atoms with Gasteiger partial charge in [0.2, 0.25) is 0 Å². The molecule has 0 unspecified atom stereocenters. The highest BCUT2D eigenvalue weighted by Crippen LogP contribution is 2.34. The second-order valence-corrected chi connectivity index (χ2v) is 5.39. The third-order valence-electron chi connectivity index (χ3n) is 3.83. The first kappa shape index (κ1) is 12.5. The topological polar surface area (TPSA) is 54.6 Å². The summed E-state index contributed by atoms with van der Waals surface area (Å²) >= 11 is 6.15. The first-order valence-electron chi connectivity index (χ1n) is 6.58. The minimum absolute atomic E-state index is 0.234. The van der Waals surface area contributed by atoms with Crippen LogP contribution < -0.4 is 0 Å². The predicted molar refractivity (Wildman–Crippen MR) is 73.0 cm³/mol. The van der Waals surface area contributed by atoms with E-state index in [-0.39, 0.29) is 5.69 Å². The van der Waals surface area contributed by atoms with Gasteiger partial charge in [0.15, 0.2) is 5.15 Å². The smallest absolute Gasteiger partial charge is 0.352 e. The summed E-state index contributed by atoms with van der Waals surface area (Å²) in [4.78, 5) is 15.8. The normalized spacial score (nSPS) is 16.9. The highest BCUT2D eigenvalue weighted by Gasteiger charge is 2.24. The number of carboxylic acids is 1. The van der Waals surface area contributed by atoms with E-state index in [4.69, 9.17) is 11.6 Å². The Balaban J connectivity index is 2.20. The number of imidazole rings is 1. The number of halogens is 1. The van der Waals surface area contributed by atoms with Crippen LogP contribution in [-0.4, -0.2) is 20.5 Å². The zero-order valence-corrected chi connectivity index (χ0v) is 11.2. The Morgan fingerprint density at radius 1 is 1.32 bits per heavy atom. The fourth-order valence-electron chi connectivity index (χ4n) is 2.93. The maximum atomic E-state index is 11.4. The second kappa shape index (κ2) is 4.85. The lowest BCUT2D eigenvalue weighted by atomic mass is 9.88. The zero-order valence-electron chi connectivity index (χ0n) is 10.5. The summed E-state index contributed by atoms with van der Waals surface area (Å²) in [5.41, 5.74) is 0.916. The third kappa shape index (κ3) is 2.10. The maximum absolute atomic E-state index is 11.4. The Labute approximate surface area is 116 Å². The summed E-state index contributed by atoms with van der Waals surface area (Å²) in [6, 6.07) is 5.12. The van der Waals surface area contributed by atoms with Gasteiger partial charge < -0.3 is 5.11 Å². The SMILES string of the molecule is O=C(O)c1cccc2c(Cl)nc(C3CCCCC3)n12. The largest absolute Gasteiger partial charge is 0.477 e. The highest BCUT2D eigenvalue weighted by molar-refractivity contribution is 6.32. The van der Waals surface area contributed by atoms with E-state index in [1.807, 2.05) is 6.07 Å². The molecule has 0 atom stereocenters. The molecule has 0 aromatic carbocycles. The van der Waals surface area contributed by atoms with Crippen LogP contribution in [0.25, 0.3) is 5.52 Å². The number of aromatic carboxylic acids is 1. The Morgan fingerprint density at radius 2 is 2.05 bits per heavy atom. The Kier molecular flexibility index (Phi) is 3.19. The number of hydrogen-bond donors (Lipinski definition) is 1. The number of carboxylic acid groups (broad SMARTS) is 1. The van der Waals surface area contributed by atoms with Crippen molar-refractivity contribution in [2.24, 2.45) is 0 Å². The van der Waals surface area contributed by atoms with Crippen molar-refractivity contribution in [2.45, 2.75) is 38.0 Å². The average molecular weight is 279 g/mol. The van der Waals surface area contributed by atoms with Crippen molar-refractivity contribution in [3.63, 3.8) is 0 Å². The fourth-order valence-corrected chi connectivity index (χ4v) is 3.16. The lowest BCUT2D eigenvalue weighted by Gasteiger charge is -2.20. The van der Waals surface area contributed by atoms with Gasteiger partial charge in [-0.05, 0) is 25.0 Å².